The molecular formula is C17H20N4O2. The summed E-state index contributed by atoms with van der Waals surface area (Å²) in [6.07, 6.45) is 1.56. The molecule has 0 aliphatic heterocycles. The van der Waals surface area contributed by atoms with Gasteiger partial charge in [-0.05, 0) is 32.4 Å². The molecule has 0 fully saturated rings. The van der Waals surface area contributed by atoms with Crippen molar-refractivity contribution in [3.05, 3.63) is 52.8 Å². The Bertz CT molecular complexity index is 744. The first-order valence-electron chi connectivity index (χ1n) is 7.61. The van der Waals surface area contributed by atoms with Gasteiger partial charge in [-0.15, -0.1) is 0 Å². The Morgan fingerprint density at radius 1 is 1.39 bits per heavy atom. The molecule has 0 aliphatic carbocycles. The van der Waals surface area contributed by atoms with Crippen LogP contribution in [0.5, 0.6) is 5.75 Å². The molecule has 6 heteroatoms. The van der Waals surface area contributed by atoms with Crippen molar-refractivity contribution >= 4 is 11.7 Å². The fourth-order valence-electron chi connectivity index (χ4n) is 2.31. The van der Waals surface area contributed by atoms with E-state index in [2.05, 4.69) is 15.3 Å². The molecule has 0 bridgehead atoms. The summed E-state index contributed by atoms with van der Waals surface area (Å²) in [7, 11) is 0. The predicted octanol–water partition coefficient (Wildman–Crippen LogP) is 3.48. The Morgan fingerprint density at radius 2 is 2.13 bits per heavy atom. The summed E-state index contributed by atoms with van der Waals surface area (Å²) in [5.74, 6) is 1.20. The molecule has 120 valence electrons. The minimum Gasteiger partial charge on any atom is -0.493 e. The summed E-state index contributed by atoms with van der Waals surface area (Å²) >= 11 is 0. The standard InChI is InChI=1S/C17H20N4O2/c1-5-9-15-19-12(3)16(18-4)21(15)20-17(22)13-10-7-8-11-14(13)23-6-2/h7-8,10-11H,5-6,9H2,1-3H3,(H,20,22). The number of carbonyl (C=O) groups excluding carboxylic acids is 1. The Morgan fingerprint density at radius 3 is 2.78 bits per heavy atom. The Labute approximate surface area is 135 Å². The molecule has 6 nitrogen and oxygen atoms in total. The fourth-order valence-corrected chi connectivity index (χ4v) is 2.31. The zero-order valence-electron chi connectivity index (χ0n) is 13.6. The lowest BCUT2D eigenvalue weighted by Gasteiger charge is -2.11. The topological polar surface area (TPSA) is 60.5 Å². The first kappa shape index (κ1) is 16.6. The van der Waals surface area contributed by atoms with E-state index in [-0.39, 0.29) is 5.91 Å². The largest absolute Gasteiger partial charge is 0.493 e. The number of imidazole rings is 1. The van der Waals surface area contributed by atoms with Crippen LogP contribution in [-0.2, 0) is 6.42 Å². The zero-order valence-corrected chi connectivity index (χ0v) is 13.6. The van der Waals surface area contributed by atoms with Crippen LogP contribution in [0.15, 0.2) is 24.3 Å². The number of hydrogen-bond acceptors (Lipinski definition) is 3. The molecule has 1 heterocycles. The van der Waals surface area contributed by atoms with E-state index in [0.29, 0.717) is 41.7 Å². The third-order valence-corrected chi connectivity index (χ3v) is 3.31. The summed E-state index contributed by atoms with van der Waals surface area (Å²) < 4.78 is 6.97. The van der Waals surface area contributed by atoms with Crippen LogP contribution < -0.4 is 10.2 Å². The lowest BCUT2D eigenvalue weighted by atomic mass is 10.2. The van der Waals surface area contributed by atoms with Gasteiger partial charge in [0.05, 0.1) is 17.9 Å². The summed E-state index contributed by atoms with van der Waals surface area (Å²) in [5.41, 5.74) is 3.81. The van der Waals surface area contributed by atoms with Crippen LogP contribution in [0.3, 0.4) is 0 Å². The number of benzene rings is 1. The van der Waals surface area contributed by atoms with Gasteiger partial charge in [0.2, 0.25) is 5.82 Å². The molecule has 1 aromatic heterocycles. The van der Waals surface area contributed by atoms with Gasteiger partial charge in [0, 0.05) is 6.42 Å². The van der Waals surface area contributed by atoms with Crippen LogP contribution in [-0.4, -0.2) is 22.2 Å². The minimum absolute atomic E-state index is 0.325. The average molecular weight is 312 g/mol. The monoisotopic (exact) mass is 312 g/mol. The van der Waals surface area contributed by atoms with Crippen molar-refractivity contribution in [2.75, 3.05) is 12.0 Å². The molecule has 2 rings (SSSR count). The van der Waals surface area contributed by atoms with Crippen molar-refractivity contribution in [3.63, 3.8) is 0 Å². The van der Waals surface area contributed by atoms with Crippen LogP contribution in [0.2, 0.25) is 0 Å². The Balaban J connectivity index is 2.36. The van der Waals surface area contributed by atoms with Gasteiger partial charge < -0.3 is 9.58 Å². The first-order chi connectivity index (χ1) is 11.1. The highest BCUT2D eigenvalue weighted by Crippen LogP contribution is 2.22. The van der Waals surface area contributed by atoms with E-state index in [0.717, 1.165) is 6.42 Å². The molecule has 1 aromatic carbocycles. The number of aryl methyl sites for hydroxylation is 2. The molecular weight excluding hydrogens is 292 g/mol. The van der Waals surface area contributed by atoms with Crippen molar-refractivity contribution in [1.82, 2.24) is 9.66 Å². The number of aromatic nitrogens is 2. The maximum Gasteiger partial charge on any atom is 0.289 e. The van der Waals surface area contributed by atoms with Gasteiger partial charge in [-0.2, -0.15) is 10.1 Å². The van der Waals surface area contributed by atoms with Gasteiger partial charge in [0.1, 0.15) is 5.75 Å². The normalized spacial score (nSPS) is 10.2. The molecule has 1 amide bonds. The van der Waals surface area contributed by atoms with E-state index in [1.165, 1.54) is 4.68 Å². The Hall–Kier alpha value is -2.81. The molecule has 0 aliphatic rings. The van der Waals surface area contributed by atoms with Gasteiger partial charge in [0.25, 0.3) is 11.7 Å². The highest BCUT2D eigenvalue weighted by atomic mass is 16.5. The molecule has 0 unspecified atom stereocenters. The molecule has 1 N–H and O–H groups in total. The quantitative estimate of drug-likeness (QED) is 0.831. The summed E-state index contributed by atoms with van der Waals surface area (Å²) in [4.78, 5) is 20.5. The van der Waals surface area contributed by atoms with Crippen molar-refractivity contribution in [2.45, 2.75) is 33.6 Å². The SMILES string of the molecule is [C-]#[N+]c1c(C)nc(CCC)n1NC(=O)c1ccccc1OCC. The second kappa shape index (κ2) is 7.45. The molecule has 0 spiro atoms. The lowest BCUT2D eigenvalue weighted by Crippen LogP contribution is -2.25. The third kappa shape index (κ3) is 3.51. The smallest absolute Gasteiger partial charge is 0.289 e. The summed E-state index contributed by atoms with van der Waals surface area (Å²) in [6.45, 7) is 13.4. The third-order valence-electron chi connectivity index (χ3n) is 3.31. The minimum atomic E-state index is -0.325. The maximum atomic E-state index is 12.6. The maximum absolute atomic E-state index is 12.6. The summed E-state index contributed by atoms with van der Waals surface area (Å²) in [6, 6.07) is 7.04. The van der Waals surface area contributed by atoms with Crippen molar-refractivity contribution in [3.8, 4) is 5.75 Å². The second-order valence-electron chi connectivity index (χ2n) is 5.00. The average Bonchev–Trinajstić information content (AvgIpc) is 2.83. The van der Waals surface area contributed by atoms with Crippen LogP contribution in [0.1, 0.15) is 42.1 Å². The number of nitrogens with one attached hydrogen (secondary N) is 1. The molecule has 23 heavy (non-hydrogen) atoms. The molecule has 0 radical (unpaired) electrons. The second-order valence-corrected chi connectivity index (χ2v) is 5.00. The van der Waals surface area contributed by atoms with Crippen LogP contribution in [0.4, 0.5) is 5.82 Å². The highest BCUT2D eigenvalue weighted by Gasteiger charge is 2.20. The van der Waals surface area contributed by atoms with Gasteiger partial charge in [-0.3, -0.25) is 4.79 Å². The number of hydrogen-bond donors (Lipinski definition) is 1. The van der Waals surface area contributed by atoms with Gasteiger partial charge in [0.15, 0.2) is 0 Å². The van der Waals surface area contributed by atoms with E-state index < -0.39 is 0 Å². The fraction of sp³-hybridized carbons (Fsp3) is 0.353. The molecule has 0 atom stereocenters. The van der Waals surface area contributed by atoms with E-state index in [4.69, 9.17) is 11.3 Å². The number of carbonyl (C=O) groups is 1. The lowest BCUT2D eigenvalue weighted by molar-refractivity contribution is 0.100. The first-order valence-corrected chi connectivity index (χ1v) is 7.61. The zero-order chi connectivity index (χ0) is 16.8. The van der Waals surface area contributed by atoms with Crippen LogP contribution in [0.25, 0.3) is 4.85 Å². The van der Waals surface area contributed by atoms with E-state index in [1.807, 2.05) is 19.9 Å². The number of rotatable bonds is 6. The Kier molecular flexibility index (Phi) is 5.36. The van der Waals surface area contributed by atoms with Crippen LogP contribution in [0, 0.1) is 13.5 Å². The summed E-state index contributed by atoms with van der Waals surface area (Å²) in [5, 5.41) is 0. The van der Waals surface area contributed by atoms with E-state index in [9.17, 15) is 4.79 Å². The van der Waals surface area contributed by atoms with E-state index >= 15 is 0 Å². The highest BCUT2D eigenvalue weighted by molar-refractivity contribution is 6.02. The number of amides is 1. The van der Waals surface area contributed by atoms with Crippen molar-refractivity contribution in [1.29, 1.82) is 0 Å². The van der Waals surface area contributed by atoms with Crippen molar-refractivity contribution < 1.29 is 9.53 Å². The van der Waals surface area contributed by atoms with Crippen molar-refractivity contribution in [2.24, 2.45) is 0 Å². The molecule has 0 saturated heterocycles. The molecule has 2 aromatic rings. The number of para-hydroxylation sites is 1. The van der Waals surface area contributed by atoms with Crippen LogP contribution >= 0.6 is 0 Å². The number of nitrogens with zero attached hydrogens (tertiary/aromatic N) is 3. The van der Waals surface area contributed by atoms with Gasteiger partial charge >= 0.3 is 0 Å². The van der Waals surface area contributed by atoms with E-state index in [1.54, 1.807) is 25.1 Å². The van der Waals surface area contributed by atoms with Gasteiger partial charge in [-0.25, -0.2) is 4.98 Å². The number of ether oxygens (including phenoxy) is 1. The van der Waals surface area contributed by atoms with Gasteiger partial charge in [-0.1, -0.05) is 25.6 Å². The predicted molar refractivity (Wildman–Crippen MR) is 88.5 cm³/mol. The molecule has 0 saturated carbocycles.